The molecule has 24 heavy (non-hydrogen) atoms. The van der Waals surface area contributed by atoms with Crippen molar-refractivity contribution in [3.8, 4) is 0 Å². The molecule has 3 N–H and O–H groups in total. The van der Waals surface area contributed by atoms with Gasteiger partial charge >= 0.3 is 12.0 Å². The van der Waals surface area contributed by atoms with Gasteiger partial charge in [0.05, 0.1) is 6.42 Å². The van der Waals surface area contributed by atoms with Crippen LogP contribution < -0.4 is 10.0 Å². The van der Waals surface area contributed by atoms with Crippen LogP contribution in [0.2, 0.25) is 0 Å². The van der Waals surface area contributed by atoms with E-state index in [1.54, 1.807) is 0 Å². The van der Waals surface area contributed by atoms with E-state index in [1.807, 2.05) is 0 Å². The van der Waals surface area contributed by atoms with Crippen molar-refractivity contribution in [3.63, 3.8) is 0 Å². The first-order valence-electron chi connectivity index (χ1n) is 7.25. The number of benzene rings is 1. The van der Waals surface area contributed by atoms with Crippen LogP contribution in [0.3, 0.4) is 0 Å². The Balaban J connectivity index is 2.10. The predicted octanol–water partition coefficient (Wildman–Crippen LogP) is 1.20. The molecule has 2 amide bonds. The van der Waals surface area contributed by atoms with Crippen LogP contribution in [0.4, 0.5) is 14.9 Å². The van der Waals surface area contributed by atoms with E-state index in [0.29, 0.717) is 12.8 Å². The van der Waals surface area contributed by atoms with Gasteiger partial charge in [-0.25, -0.2) is 22.3 Å². The SMILES string of the molecule is CN(CCC(=O)O)C(=O)Nc1ccc(F)c(S(=O)(=O)NC2CC2)c1. The number of nitrogens with zero attached hydrogens (tertiary/aromatic N) is 1. The molecule has 0 unspecified atom stereocenters. The molecule has 0 atom stereocenters. The molecule has 0 aromatic heterocycles. The molecule has 0 bridgehead atoms. The zero-order chi connectivity index (χ0) is 17.9. The highest BCUT2D eigenvalue weighted by Crippen LogP contribution is 2.25. The van der Waals surface area contributed by atoms with Crippen molar-refractivity contribution in [1.29, 1.82) is 0 Å². The lowest BCUT2D eigenvalue weighted by Crippen LogP contribution is -2.33. The average Bonchev–Trinajstić information content (AvgIpc) is 3.29. The molecule has 0 saturated heterocycles. The van der Waals surface area contributed by atoms with E-state index in [0.717, 1.165) is 17.0 Å². The molecule has 1 aliphatic rings. The Morgan fingerprint density at radius 3 is 2.62 bits per heavy atom. The summed E-state index contributed by atoms with van der Waals surface area (Å²) in [6.45, 7) is -0.0171. The molecule has 132 valence electrons. The van der Waals surface area contributed by atoms with Crippen molar-refractivity contribution < 1.29 is 27.5 Å². The zero-order valence-corrected chi connectivity index (χ0v) is 13.8. The number of rotatable bonds is 7. The minimum atomic E-state index is -4.00. The molecule has 2 rings (SSSR count). The number of sulfonamides is 1. The van der Waals surface area contributed by atoms with Crippen LogP contribution in [0.25, 0.3) is 0 Å². The lowest BCUT2D eigenvalue weighted by atomic mass is 10.3. The van der Waals surface area contributed by atoms with Crippen molar-refractivity contribution in [2.75, 3.05) is 18.9 Å². The van der Waals surface area contributed by atoms with E-state index in [2.05, 4.69) is 10.0 Å². The fourth-order valence-electron chi connectivity index (χ4n) is 1.85. The number of nitrogens with one attached hydrogen (secondary N) is 2. The number of halogens is 1. The van der Waals surface area contributed by atoms with Crippen molar-refractivity contribution in [2.45, 2.75) is 30.2 Å². The molecular formula is C14H18FN3O5S. The van der Waals surface area contributed by atoms with E-state index in [4.69, 9.17) is 5.11 Å². The molecule has 1 aromatic rings. The maximum absolute atomic E-state index is 13.8. The topological polar surface area (TPSA) is 116 Å². The number of anilines is 1. The summed E-state index contributed by atoms with van der Waals surface area (Å²) in [5, 5.41) is 11.0. The molecule has 10 heteroatoms. The van der Waals surface area contributed by atoms with Gasteiger partial charge in [0.2, 0.25) is 10.0 Å². The molecule has 0 aliphatic heterocycles. The van der Waals surface area contributed by atoms with Crippen molar-refractivity contribution in [1.82, 2.24) is 9.62 Å². The van der Waals surface area contributed by atoms with E-state index in [9.17, 15) is 22.4 Å². The number of carboxylic acid groups (broad SMARTS) is 1. The van der Waals surface area contributed by atoms with Crippen LogP contribution in [-0.2, 0) is 14.8 Å². The van der Waals surface area contributed by atoms with Crippen LogP contribution in [0.1, 0.15) is 19.3 Å². The third kappa shape index (κ3) is 4.90. The Morgan fingerprint density at radius 2 is 2.04 bits per heavy atom. The van der Waals surface area contributed by atoms with Crippen LogP contribution in [0.15, 0.2) is 23.1 Å². The fraction of sp³-hybridized carbons (Fsp3) is 0.429. The molecule has 1 aromatic carbocycles. The molecular weight excluding hydrogens is 341 g/mol. The second kappa shape index (κ2) is 7.14. The van der Waals surface area contributed by atoms with Gasteiger partial charge in [-0.3, -0.25) is 4.79 Å². The van der Waals surface area contributed by atoms with Gasteiger partial charge in [0.15, 0.2) is 0 Å². The third-order valence-electron chi connectivity index (χ3n) is 3.38. The van der Waals surface area contributed by atoms with E-state index in [1.165, 1.54) is 13.1 Å². The maximum Gasteiger partial charge on any atom is 0.321 e. The number of aliphatic carboxylic acids is 1. The summed E-state index contributed by atoms with van der Waals surface area (Å²) in [5.41, 5.74) is 0.0970. The summed E-state index contributed by atoms with van der Waals surface area (Å²) in [4.78, 5) is 23.0. The van der Waals surface area contributed by atoms with Crippen molar-refractivity contribution in [2.24, 2.45) is 0 Å². The third-order valence-corrected chi connectivity index (χ3v) is 4.91. The maximum atomic E-state index is 13.8. The second-order valence-electron chi connectivity index (χ2n) is 5.54. The quantitative estimate of drug-likeness (QED) is 0.677. The van der Waals surface area contributed by atoms with E-state index in [-0.39, 0.29) is 24.7 Å². The standard InChI is InChI=1S/C14H18FN3O5S/c1-18(7-6-13(19)20)14(21)16-10-4-5-11(15)12(8-10)24(22,23)17-9-2-3-9/h4-5,8-9,17H,2-3,6-7H2,1H3,(H,16,21)(H,19,20). The molecule has 1 aliphatic carbocycles. The first kappa shape index (κ1) is 18.1. The number of carboxylic acids is 1. The van der Waals surface area contributed by atoms with Crippen LogP contribution in [0, 0.1) is 5.82 Å². The summed E-state index contributed by atoms with van der Waals surface area (Å²) in [6.07, 6.45) is 1.20. The van der Waals surface area contributed by atoms with Crippen molar-refractivity contribution >= 4 is 27.7 Å². The fourth-order valence-corrected chi connectivity index (χ4v) is 3.26. The van der Waals surface area contributed by atoms with Crippen LogP contribution in [-0.4, -0.2) is 50.1 Å². The lowest BCUT2D eigenvalue weighted by molar-refractivity contribution is -0.137. The molecule has 8 nitrogen and oxygen atoms in total. The van der Waals surface area contributed by atoms with Gasteiger partial charge in [-0.1, -0.05) is 0 Å². The summed E-state index contributed by atoms with van der Waals surface area (Å²) in [5.74, 6) is -1.96. The predicted molar refractivity (Wildman–Crippen MR) is 83.6 cm³/mol. The Kier molecular flexibility index (Phi) is 5.40. The summed E-state index contributed by atoms with van der Waals surface area (Å²) in [7, 11) is -2.60. The Bertz CT molecular complexity index is 749. The minimum absolute atomic E-state index is 0.0171. The molecule has 1 saturated carbocycles. The summed E-state index contributed by atoms with van der Waals surface area (Å²) < 4.78 is 40.4. The Morgan fingerprint density at radius 1 is 1.38 bits per heavy atom. The number of carbonyl (C=O) groups is 2. The highest BCUT2D eigenvalue weighted by Gasteiger charge is 2.30. The largest absolute Gasteiger partial charge is 0.481 e. The molecule has 0 heterocycles. The molecule has 0 spiro atoms. The summed E-state index contributed by atoms with van der Waals surface area (Å²) in [6, 6.07) is 2.42. The van der Waals surface area contributed by atoms with Crippen LogP contribution >= 0.6 is 0 Å². The summed E-state index contributed by atoms with van der Waals surface area (Å²) >= 11 is 0. The highest BCUT2D eigenvalue weighted by atomic mass is 32.2. The van der Waals surface area contributed by atoms with E-state index < -0.39 is 32.7 Å². The first-order valence-corrected chi connectivity index (χ1v) is 8.73. The average molecular weight is 359 g/mol. The van der Waals surface area contributed by atoms with Crippen LogP contribution in [0.5, 0.6) is 0 Å². The van der Waals surface area contributed by atoms with Gasteiger partial charge < -0.3 is 15.3 Å². The Labute approximate surface area is 138 Å². The number of hydrogen-bond donors (Lipinski definition) is 3. The first-order chi connectivity index (χ1) is 11.2. The molecule has 1 fully saturated rings. The van der Waals surface area contributed by atoms with Gasteiger partial charge in [-0.15, -0.1) is 0 Å². The second-order valence-corrected chi connectivity index (χ2v) is 7.22. The van der Waals surface area contributed by atoms with Crippen molar-refractivity contribution in [3.05, 3.63) is 24.0 Å². The van der Waals surface area contributed by atoms with Gasteiger partial charge in [-0.05, 0) is 31.0 Å². The Hall–Kier alpha value is -2.20. The highest BCUT2D eigenvalue weighted by molar-refractivity contribution is 7.89. The van der Waals surface area contributed by atoms with E-state index >= 15 is 0 Å². The van der Waals surface area contributed by atoms with Gasteiger partial charge in [0.25, 0.3) is 0 Å². The number of urea groups is 1. The van der Waals surface area contributed by atoms with Gasteiger partial charge in [0.1, 0.15) is 10.7 Å². The van der Waals surface area contributed by atoms with Gasteiger partial charge in [0, 0.05) is 25.3 Å². The smallest absolute Gasteiger partial charge is 0.321 e. The monoisotopic (exact) mass is 359 g/mol. The minimum Gasteiger partial charge on any atom is -0.481 e. The molecule has 0 radical (unpaired) electrons. The number of hydrogen-bond acceptors (Lipinski definition) is 4. The lowest BCUT2D eigenvalue weighted by Gasteiger charge is -2.17. The number of amides is 2. The normalized spacial score (nSPS) is 14.2. The zero-order valence-electron chi connectivity index (χ0n) is 13.0. The number of carbonyl (C=O) groups excluding carboxylic acids is 1. The van der Waals surface area contributed by atoms with Gasteiger partial charge in [-0.2, -0.15) is 0 Å².